The first-order chi connectivity index (χ1) is 16.9. The van der Waals surface area contributed by atoms with Crippen molar-refractivity contribution in [3.63, 3.8) is 0 Å². The fourth-order valence-corrected chi connectivity index (χ4v) is 3.38. The number of hydrogen-bond donors (Lipinski definition) is 8. The highest BCUT2D eigenvalue weighted by atomic mass is 32.1. The van der Waals surface area contributed by atoms with E-state index in [2.05, 4.69) is 28.6 Å². The molecule has 0 spiro atoms. The van der Waals surface area contributed by atoms with Gasteiger partial charge in [0.05, 0.1) is 6.04 Å². The van der Waals surface area contributed by atoms with Crippen LogP contribution in [0.25, 0.3) is 0 Å². The van der Waals surface area contributed by atoms with Crippen molar-refractivity contribution in [1.82, 2.24) is 16.0 Å². The molecule has 0 unspecified atom stereocenters. The third-order valence-electron chi connectivity index (χ3n) is 5.64. The third-order valence-corrected chi connectivity index (χ3v) is 6.04. The number of nitrogens with two attached hydrogens (primary N) is 2. The number of nitrogens with one attached hydrogen (secondary N) is 3. The molecular weight excluding hydrogens is 490 g/mol. The van der Waals surface area contributed by atoms with Crippen LogP contribution in [0.4, 0.5) is 0 Å². The monoisotopic (exact) mass is 525 g/mol. The van der Waals surface area contributed by atoms with Gasteiger partial charge in [0.2, 0.25) is 23.6 Å². The second-order valence-electron chi connectivity index (χ2n) is 8.49. The first kappa shape index (κ1) is 30.7. The van der Waals surface area contributed by atoms with Gasteiger partial charge in [0, 0.05) is 18.6 Å². The molecule has 0 bridgehead atoms. The summed E-state index contributed by atoms with van der Waals surface area (Å²) >= 11 is 4.00. The van der Waals surface area contributed by atoms with Gasteiger partial charge in [0.15, 0.2) is 0 Å². The zero-order valence-electron chi connectivity index (χ0n) is 20.3. The van der Waals surface area contributed by atoms with E-state index >= 15 is 0 Å². The lowest BCUT2D eigenvalue weighted by atomic mass is 9.96. The lowest BCUT2D eigenvalue weighted by Gasteiger charge is -2.28. The summed E-state index contributed by atoms with van der Waals surface area (Å²) in [6.07, 6.45) is -0.0815. The van der Waals surface area contributed by atoms with Crippen molar-refractivity contribution in [2.75, 3.05) is 5.75 Å². The minimum Gasteiger partial charge on any atom is -0.508 e. The number of primary amides is 1. The molecule has 9 N–H and O–H groups in total. The van der Waals surface area contributed by atoms with Gasteiger partial charge in [0.1, 0.15) is 23.9 Å². The molecule has 0 saturated heterocycles. The summed E-state index contributed by atoms with van der Waals surface area (Å²) in [6.45, 7) is 3.51. The second kappa shape index (κ2) is 14.9. The highest BCUT2D eigenvalue weighted by molar-refractivity contribution is 7.80. The van der Waals surface area contributed by atoms with E-state index in [4.69, 9.17) is 16.6 Å². The van der Waals surface area contributed by atoms with Gasteiger partial charge in [-0.2, -0.15) is 12.6 Å². The molecule has 0 aliphatic heterocycles. The smallest absolute Gasteiger partial charge is 0.303 e. The maximum Gasteiger partial charge on any atom is 0.303 e. The predicted octanol–water partition coefficient (Wildman–Crippen LogP) is -0.958. The number of hydrogen-bond acceptors (Lipinski definition) is 8. The SMILES string of the molecule is CC[C@H](C)[C@H](NC(=O)[C@H](Cc1ccc(O)cc1)NC(=O)[C@@H](N)CS)C(=O)N[C@@H](CCC(=O)O)C(N)=O. The fourth-order valence-electron chi connectivity index (χ4n) is 3.21. The van der Waals surface area contributed by atoms with E-state index in [0.717, 1.165) is 0 Å². The van der Waals surface area contributed by atoms with Crippen LogP contribution >= 0.6 is 12.6 Å². The Morgan fingerprint density at radius 2 is 1.56 bits per heavy atom. The van der Waals surface area contributed by atoms with E-state index < -0.39 is 53.8 Å². The van der Waals surface area contributed by atoms with Crippen molar-refractivity contribution in [2.45, 2.75) is 63.7 Å². The molecule has 5 atom stereocenters. The van der Waals surface area contributed by atoms with Gasteiger partial charge in [-0.15, -0.1) is 0 Å². The number of phenolic OH excluding ortho intramolecular Hbond substituents is 1. The molecule has 13 heteroatoms. The van der Waals surface area contributed by atoms with Gasteiger partial charge >= 0.3 is 5.97 Å². The van der Waals surface area contributed by atoms with Gasteiger partial charge in [0.25, 0.3) is 0 Å². The predicted molar refractivity (Wildman–Crippen MR) is 135 cm³/mol. The molecular formula is C23H35N5O7S. The van der Waals surface area contributed by atoms with Gasteiger partial charge in [-0.1, -0.05) is 32.4 Å². The maximum atomic E-state index is 13.2. The molecule has 1 aromatic carbocycles. The molecule has 0 radical (unpaired) electrons. The standard InChI is InChI=1S/C23H35N5O7S/c1-3-12(2)19(23(35)26-16(20(25)32)8-9-18(30)31)28-22(34)17(27-21(33)15(24)11-36)10-13-4-6-14(29)7-5-13/h4-7,12,15-17,19,29,36H,3,8-11,24H2,1-2H3,(H2,25,32)(H,26,35)(H,27,33)(H,28,34)(H,30,31)/t12-,15-,16-,17-,19-/m0/s1. The van der Waals surface area contributed by atoms with Crippen LogP contribution in [-0.4, -0.2) is 69.7 Å². The van der Waals surface area contributed by atoms with Crippen LogP contribution in [0.2, 0.25) is 0 Å². The molecule has 0 aromatic heterocycles. The Bertz CT molecular complexity index is 928. The number of phenols is 1. The minimum atomic E-state index is -1.24. The number of carbonyl (C=O) groups excluding carboxylic acids is 4. The Labute approximate surface area is 215 Å². The first-order valence-corrected chi connectivity index (χ1v) is 12.1. The first-order valence-electron chi connectivity index (χ1n) is 11.5. The summed E-state index contributed by atoms with van der Waals surface area (Å²) in [4.78, 5) is 61.2. The van der Waals surface area contributed by atoms with Gasteiger partial charge in [-0.25, -0.2) is 0 Å². The van der Waals surface area contributed by atoms with Crippen molar-refractivity contribution in [2.24, 2.45) is 17.4 Å². The molecule has 1 aromatic rings. The number of carboxylic acid groups (broad SMARTS) is 1. The number of carboxylic acids is 1. The Hall–Kier alpha value is -3.32. The summed E-state index contributed by atoms with van der Waals surface area (Å²) in [5.41, 5.74) is 11.7. The quantitative estimate of drug-likeness (QED) is 0.133. The summed E-state index contributed by atoms with van der Waals surface area (Å²) in [7, 11) is 0. The van der Waals surface area contributed by atoms with Crippen LogP contribution in [0.15, 0.2) is 24.3 Å². The van der Waals surface area contributed by atoms with E-state index in [-0.39, 0.29) is 36.7 Å². The number of rotatable bonds is 15. The number of benzene rings is 1. The number of thiol groups is 1. The Balaban J connectivity index is 3.12. The molecule has 1 rings (SSSR count). The van der Waals surface area contributed by atoms with Crippen LogP contribution in [0.5, 0.6) is 5.75 Å². The molecule has 4 amide bonds. The Morgan fingerprint density at radius 3 is 2.06 bits per heavy atom. The molecule has 0 aliphatic rings. The Morgan fingerprint density at radius 1 is 0.972 bits per heavy atom. The van der Waals surface area contributed by atoms with Crippen molar-refractivity contribution in [1.29, 1.82) is 0 Å². The summed E-state index contributed by atoms with van der Waals surface area (Å²) in [5, 5.41) is 26.0. The summed E-state index contributed by atoms with van der Waals surface area (Å²) in [5.74, 6) is -4.38. The van der Waals surface area contributed by atoms with Crippen molar-refractivity contribution in [3.8, 4) is 5.75 Å². The maximum absolute atomic E-state index is 13.2. The molecule has 0 aliphatic carbocycles. The minimum absolute atomic E-state index is 0.0290. The summed E-state index contributed by atoms with van der Waals surface area (Å²) < 4.78 is 0. The highest BCUT2D eigenvalue weighted by Gasteiger charge is 2.32. The largest absolute Gasteiger partial charge is 0.508 e. The number of carbonyl (C=O) groups is 5. The molecule has 0 heterocycles. The van der Waals surface area contributed by atoms with Gasteiger partial charge in [-0.3, -0.25) is 24.0 Å². The van der Waals surface area contributed by atoms with E-state index in [9.17, 15) is 29.1 Å². The van der Waals surface area contributed by atoms with E-state index in [1.165, 1.54) is 12.1 Å². The topological polar surface area (TPSA) is 214 Å². The normalized spacial score (nSPS) is 15.0. The van der Waals surface area contributed by atoms with Crippen LogP contribution < -0.4 is 27.4 Å². The van der Waals surface area contributed by atoms with Gasteiger partial charge in [-0.05, 0) is 30.0 Å². The zero-order valence-corrected chi connectivity index (χ0v) is 21.2. The number of amides is 4. The molecule has 200 valence electrons. The van der Waals surface area contributed by atoms with E-state index in [1.807, 2.05) is 0 Å². The molecule has 36 heavy (non-hydrogen) atoms. The second-order valence-corrected chi connectivity index (χ2v) is 8.85. The molecule has 0 saturated carbocycles. The molecule has 12 nitrogen and oxygen atoms in total. The van der Waals surface area contributed by atoms with Crippen LogP contribution in [0.3, 0.4) is 0 Å². The van der Waals surface area contributed by atoms with Crippen LogP contribution in [0, 0.1) is 5.92 Å². The average molecular weight is 526 g/mol. The highest BCUT2D eigenvalue weighted by Crippen LogP contribution is 2.13. The van der Waals surface area contributed by atoms with Crippen LogP contribution in [0.1, 0.15) is 38.7 Å². The number of aliphatic carboxylic acids is 1. The summed E-state index contributed by atoms with van der Waals surface area (Å²) in [6, 6.07) is 1.60. The van der Waals surface area contributed by atoms with Crippen molar-refractivity contribution < 1.29 is 34.2 Å². The Kier molecular flexibility index (Phi) is 12.7. The number of aromatic hydroxyl groups is 1. The van der Waals surface area contributed by atoms with Crippen molar-refractivity contribution >= 4 is 42.2 Å². The lowest BCUT2D eigenvalue weighted by Crippen LogP contribution is -2.59. The van der Waals surface area contributed by atoms with Crippen molar-refractivity contribution in [3.05, 3.63) is 29.8 Å². The lowest BCUT2D eigenvalue weighted by molar-refractivity contribution is -0.138. The van der Waals surface area contributed by atoms with Crippen LogP contribution in [-0.2, 0) is 30.4 Å². The van der Waals surface area contributed by atoms with Gasteiger partial charge < -0.3 is 37.6 Å². The van der Waals surface area contributed by atoms with E-state index in [1.54, 1.807) is 26.0 Å². The molecule has 0 fully saturated rings. The fraction of sp³-hybridized carbons (Fsp3) is 0.522. The average Bonchev–Trinajstić information content (AvgIpc) is 2.84. The van der Waals surface area contributed by atoms with E-state index in [0.29, 0.717) is 12.0 Å². The third kappa shape index (κ3) is 10.1. The zero-order chi connectivity index (χ0) is 27.4.